The predicted octanol–water partition coefficient (Wildman–Crippen LogP) is 0.469. The van der Waals surface area contributed by atoms with Gasteiger partial charge in [-0.25, -0.2) is 23.6 Å². The molecule has 1 N–H and O–H groups in total. The summed E-state index contributed by atoms with van der Waals surface area (Å²) in [7, 11) is -4.94. The predicted molar refractivity (Wildman–Crippen MR) is 118 cm³/mol. The topological polar surface area (TPSA) is 106 Å². The average molecular weight is 466 g/mol. The lowest BCUT2D eigenvalue weighted by molar-refractivity contribution is -2.00. The van der Waals surface area contributed by atoms with Gasteiger partial charge in [-0.1, -0.05) is 90.6 Å². The van der Waals surface area contributed by atoms with Crippen LogP contribution in [0.15, 0.2) is 115 Å². The molecule has 3 aromatic carbocycles. The lowest BCUT2D eigenvalue weighted by atomic mass is 10.1. The molecule has 1 heterocycles. The summed E-state index contributed by atoms with van der Waals surface area (Å²) < 4.78 is 34.0. The third kappa shape index (κ3) is 8.28. The summed E-state index contributed by atoms with van der Waals surface area (Å²) in [6, 6.07) is 31.3. The zero-order chi connectivity index (χ0) is 22.8. The Morgan fingerprint density at radius 2 is 1.03 bits per heavy atom. The second-order valence-corrected chi connectivity index (χ2v) is 8.41. The van der Waals surface area contributed by atoms with Crippen molar-refractivity contribution >= 4 is 33.5 Å². The highest BCUT2D eigenvalue weighted by molar-refractivity contribution is 8.16. The molecule has 0 saturated carbocycles. The Bertz CT molecular complexity index is 1060. The second-order valence-electron chi connectivity index (χ2n) is 6.57. The molecule has 5 nitrogen and oxygen atoms in total. The summed E-state index contributed by atoms with van der Waals surface area (Å²) in [5.74, 6) is 0. The number of benzene rings is 3. The van der Waals surface area contributed by atoms with Gasteiger partial charge in [0.25, 0.3) is 0 Å². The zero-order valence-electron chi connectivity index (χ0n) is 16.9. The fourth-order valence-electron chi connectivity index (χ4n) is 2.88. The van der Waals surface area contributed by atoms with Gasteiger partial charge in [0.1, 0.15) is 0 Å². The average Bonchev–Trinajstić information content (AvgIpc) is 2.80. The smallest absolute Gasteiger partial charge is 0.203 e. The number of para-hydroxylation sites is 1. The summed E-state index contributed by atoms with van der Waals surface area (Å²) in [5.41, 5.74) is 4.74. The van der Waals surface area contributed by atoms with Crippen LogP contribution in [-0.4, -0.2) is 6.21 Å². The standard InChI is InChI=1S/C25H19NS.ClHO4/c1-4-10-21(11-5-1)24-18-20(16-17-26-23-14-8-3-9-15-23)19-25(27-24)22-12-6-2-7-13-22;2-1(3,4)5/h1-19H;(H,2,3,4,5). The second kappa shape index (κ2) is 11.6. The zero-order valence-corrected chi connectivity index (χ0v) is 18.5. The maximum atomic E-state index is 8.49. The van der Waals surface area contributed by atoms with Gasteiger partial charge in [-0.3, -0.25) is 0 Å². The van der Waals surface area contributed by atoms with Crippen molar-refractivity contribution < 1.29 is 33.9 Å². The van der Waals surface area contributed by atoms with Gasteiger partial charge in [0.15, 0.2) is 6.21 Å². The Morgan fingerprint density at radius 1 is 0.625 bits per heavy atom. The summed E-state index contributed by atoms with van der Waals surface area (Å²) in [6.45, 7) is 0. The molecule has 3 aromatic rings. The minimum atomic E-state index is -4.94. The summed E-state index contributed by atoms with van der Waals surface area (Å²) >= 11 is 1.82. The van der Waals surface area contributed by atoms with Gasteiger partial charge in [-0.2, -0.15) is 0 Å². The van der Waals surface area contributed by atoms with E-state index in [0.29, 0.717) is 0 Å². The molecule has 0 fully saturated rings. The molecule has 0 bridgehead atoms. The largest absolute Gasteiger partial charge is 0.222 e. The third-order valence-corrected chi connectivity index (χ3v) is 5.38. The molecule has 0 aromatic heterocycles. The number of thioether (sulfide) groups is 1. The van der Waals surface area contributed by atoms with Gasteiger partial charge in [0.05, 0.1) is 0 Å². The van der Waals surface area contributed by atoms with Crippen LogP contribution >= 0.6 is 11.8 Å². The number of halogens is 1. The van der Waals surface area contributed by atoms with Crippen molar-refractivity contribution in [2.24, 2.45) is 0 Å². The molecule has 0 radical (unpaired) electrons. The lowest BCUT2D eigenvalue weighted by Gasteiger charge is -2.17. The van der Waals surface area contributed by atoms with E-state index in [4.69, 9.17) is 18.6 Å². The molecule has 0 atom stereocenters. The van der Waals surface area contributed by atoms with Crippen molar-refractivity contribution in [2.45, 2.75) is 0 Å². The van der Waals surface area contributed by atoms with E-state index < -0.39 is 10.2 Å². The first-order valence-electron chi connectivity index (χ1n) is 9.57. The van der Waals surface area contributed by atoms with E-state index in [1.54, 1.807) is 0 Å². The van der Waals surface area contributed by atoms with Crippen molar-refractivity contribution in [1.82, 2.24) is 0 Å². The van der Waals surface area contributed by atoms with Crippen LogP contribution in [-0.2, 0) is 0 Å². The summed E-state index contributed by atoms with van der Waals surface area (Å²) in [5, 5.41) is 0. The summed E-state index contributed by atoms with van der Waals surface area (Å²) in [6.07, 6.45) is 8.61. The highest BCUT2D eigenvalue weighted by Crippen LogP contribution is 2.43. The van der Waals surface area contributed by atoms with Crippen molar-refractivity contribution in [3.8, 4) is 0 Å². The summed E-state index contributed by atoms with van der Waals surface area (Å²) in [4.78, 5) is 5.86. The molecule has 4 rings (SSSR count). The van der Waals surface area contributed by atoms with Gasteiger partial charge in [-0.15, -0.1) is 10.2 Å². The van der Waals surface area contributed by atoms with Crippen molar-refractivity contribution in [3.63, 3.8) is 0 Å². The van der Waals surface area contributed by atoms with E-state index in [1.165, 1.54) is 26.5 Å². The number of rotatable bonds is 4. The molecular formula is C25H20ClNO4S. The van der Waals surface area contributed by atoms with Crippen LogP contribution in [0.2, 0.25) is 0 Å². The molecule has 1 aliphatic heterocycles. The third-order valence-electron chi connectivity index (χ3n) is 4.23. The Hall–Kier alpha value is -2.97. The van der Waals surface area contributed by atoms with Gasteiger partial charge in [-0.05, 0) is 28.9 Å². The Kier molecular flexibility index (Phi) is 8.58. The van der Waals surface area contributed by atoms with E-state index in [1.807, 2.05) is 36.2 Å². The van der Waals surface area contributed by atoms with Crippen molar-refractivity contribution in [3.05, 3.63) is 126 Å². The molecule has 0 spiro atoms. The Labute approximate surface area is 193 Å². The molecule has 0 aliphatic carbocycles. The van der Waals surface area contributed by atoms with Crippen LogP contribution in [0.3, 0.4) is 0 Å². The van der Waals surface area contributed by atoms with Gasteiger partial charge < -0.3 is 0 Å². The highest BCUT2D eigenvalue weighted by atomic mass is 35.7. The van der Waals surface area contributed by atoms with Crippen LogP contribution in [0, 0.1) is 10.2 Å². The monoisotopic (exact) mass is 465 g/mol. The fourth-order valence-corrected chi connectivity index (χ4v) is 4.01. The number of hydrogen-bond donors (Lipinski definition) is 1. The van der Waals surface area contributed by atoms with Crippen LogP contribution in [0.1, 0.15) is 11.1 Å². The van der Waals surface area contributed by atoms with E-state index in [-0.39, 0.29) is 0 Å². The van der Waals surface area contributed by atoms with Crippen LogP contribution in [0.5, 0.6) is 0 Å². The SMILES string of the molecule is C(C=C1C=C(c2ccccc2)SC(c2ccccc2)=C1)=[NH+]c1ccccc1.[O-][Cl+3]([O-])([O-])[O-]. The van der Waals surface area contributed by atoms with Crippen LogP contribution in [0.4, 0.5) is 5.69 Å². The van der Waals surface area contributed by atoms with Gasteiger partial charge >= 0.3 is 0 Å². The Balaban J connectivity index is 0.000000523. The maximum absolute atomic E-state index is 8.49. The van der Waals surface area contributed by atoms with E-state index in [0.717, 1.165) is 5.69 Å². The first-order chi connectivity index (χ1) is 15.4. The minimum absolute atomic E-state index is 1.08. The Morgan fingerprint density at radius 3 is 1.47 bits per heavy atom. The molecule has 162 valence electrons. The van der Waals surface area contributed by atoms with Crippen molar-refractivity contribution in [1.29, 1.82) is 0 Å². The maximum Gasteiger partial charge on any atom is 0.203 e. The van der Waals surface area contributed by atoms with E-state index >= 15 is 0 Å². The minimum Gasteiger partial charge on any atom is -0.222 e. The molecular weight excluding hydrogens is 446 g/mol. The highest BCUT2D eigenvalue weighted by Gasteiger charge is 2.14. The lowest BCUT2D eigenvalue weighted by Crippen LogP contribution is -2.68. The molecule has 32 heavy (non-hydrogen) atoms. The molecule has 0 unspecified atom stereocenters. The van der Waals surface area contributed by atoms with Crippen LogP contribution < -0.4 is 23.6 Å². The molecule has 0 saturated heterocycles. The van der Waals surface area contributed by atoms with Gasteiger partial charge in [0.2, 0.25) is 5.69 Å². The fraction of sp³-hybridized carbons (Fsp3) is 0. The van der Waals surface area contributed by atoms with Crippen LogP contribution in [0.25, 0.3) is 9.81 Å². The number of nitrogens with one attached hydrogen (secondary N) is 1. The normalized spacial score (nSPS) is 13.7. The van der Waals surface area contributed by atoms with Crippen molar-refractivity contribution in [2.75, 3.05) is 0 Å². The quantitative estimate of drug-likeness (QED) is 0.564. The molecule has 1 aliphatic rings. The van der Waals surface area contributed by atoms with Gasteiger partial charge in [0, 0.05) is 28.0 Å². The number of hydrogen-bond acceptors (Lipinski definition) is 5. The number of allylic oxidation sites excluding steroid dienone is 4. The first kappa shape index (κ1) is 23.7. The molecule has 7 heteroatoms. The van der Waals surface area contributed by atoms with E-state index in [9.17, 15) is 0 Å². The first-order valence-corrected chi connectivity index (χ1v) is 11.6. The molecule has 0 amide bonds. The van der Waals surface area contributed by atoms with E-state index in [2.05, 4.69) is 96.0 Å².